The van der Waals surface area contributed by atoms with Crippen molar-refractivity contribution in [2.24, 2.45) is 5.92 Å². The topological polar surface area (TPSA) is 110 Å². The van der Waals surface area contributed by atoms with Gasteiger partial charge in [-0.15, -0.1) is 5.10 Å². The highest BCUT2D eigenvalue weighted by molar-refractivity contribution is 5.93. The molecule has 0 radical (unpaired) electrons. The van der Waals surface area contributed by atoms with Crippen LogP contribution < -0.4 is 10.6 Å². The summed E-state index contributed by atoms with van der Waals surface area (Å²) in [6.45, 7) is 0.486. The highest BCUT2D eigenvalue weighted by Crippen LogP contribution is 2.30. The number of carbonyl (C=O) groups is 1. The van der Waals surface area contributed by atoms with Crippen LogP contribution in [0.2, 0.25) is 0 Å². The maximum atomic E-state index is 12.0. The number of fused-ring (bicyclic) bond motifs is 1. The Bertz CT molecular complexity index is 1120. The first-order chi connectivity index (χ1) is 13.8. The summed E-state index contributed by atoms with van der Waals surface area (Å²) >= 11 is 0. The lowest BCUT2D eigenvalue weighted by atomic mass is 10.1. The van der Waals surface area contributed by atoms with Crippen LogP contribution in [0.4, 0.5) is 11.6 Å². The first-order valence-electron chi connectivity index (χ1n) is 9.02. The minimum absolute atomic E-state index is 0.00511. The van der Waals surface area contributed by atoms with Crippen molar-refractivity contribution in [2.75, 3.05) is 10.6 Å². The Balaban J connectivity index is 1.37. The van der Waals surface area contributed by atoms with Crippen molar-refractivity contribution in [2.45, 2.75) is 19.4 Å². The van der Waals surface area contributed by atoms with E-state index in [0.717, 1.165) is 29.7 Å². The van der Waals surface area contributed by atoms with Crippen molar-refractivity contribution in [3.05, 3.63) is 54.8 Å². The first kappa shape index (κ1) is 16.4. The molecular weight excluding hydrogens is 358 g/mol. The van der Waals surface area contributed by atoms with Crippen LogP contribution in [-0.4, -0.2) is 30.6 Å². The van der Waals surface area contributed by atoms with Crippen LogP contribution in [-0.2, 0) is 11.3 Å². The van der Waals surface area contributed by atoms with E-state index in [1.807, 2.05) is 42.6 Å². The number of anilines is 2. The number of aromatic nitrogens is 5. The molecule has 0 aliphatic heterocycles. The highest BCUT2D eigenvalue weighted by Gasteiger charge is 2.30. The summed E-state index contributed by atoms with van der Waals surface area (Å²) in [5, 5.41) is 14.2. The molecule has 0 atom stereocenters. The van der Waals surface area contributed by atoms with Gasteiger partial charge in [0.05, 0.1) is 6.54 Å². The van der Waals surface area contributed by atoms with Crippen LogP contribution in [0.3, 0.4) is 0 Å². The quantitative estimate of drug-likeness (QED) is 0.533. The number of nitrogens with one attached hydrogen (secondary N) is 2. The SMILES string of the molecule is O=C(Nc1nc2c(-c3ccc(NCc4ncon4)cc3)cccn2n1)C1CC1. The van der Waals surface area contributed by atoms with Gasteiger partial charge >= 0.3 is 0 Å². The number of pyridine rings is 1. The van der Waals surface area contributed by atoms with Gasteiger partial charge in [0.25, 0.3) is 0 Å². The molecule has 1 amide bonds. The summed E-state index contributed by atoms with van der Waals surface area (Å²) in [5.74, 6) is 1.04. The normalized spacial score (nSPS) is 13.6. The first-order valence-corrected chi connectivity index (χ1v) is 9.02. The molecule has 28 heavy (non-hydrogen) atoms. The second-order valence-corrected chi connectivity index (χ2v) is 6.67. The smallest absolute Gasteiger partial charge is 0.249 e. The zero-order chi connectivity index (χ0) is 18.9. The maximum Gasteiger partial charge on any atom is 0.249 e. The Morgan fingerprint density at radius 1 is 1.21 bits per heavy atom. The lowest BCUT2D eigenvalue weighted by Crippen LogP contribution is -2.14. The fourth-order valence-corrected chi connectivity index (χ4v) is 2.96. The van der Waals surface area contributed by atoms with Crippen molar-refractivity contribution >= 4 is 23.2 Å². The zero-order valence-electron chi connectivity index (χ0n) is 14.9. The molecule has 4 aromatic rings. The van der Waals surface area contributed by atoms with Gasteiger partial charge in [0.15, 0.2) is 11.5 Å². The molecule has 1 fully saturated rings. The van der Waals surface area contributed by atoms with E-state index in [1.54, 1.807) is 4.52 Å². The number of amides is 1. The molecule has 0 bridgehead atoms. The molecule has 1 aliphatic carbocycles. The molecule has 2 N–H and O–H groups in total. The Kier molecular flexibility index (Phi) is 3.97. The predicted molar refractivity (Wildman–Crippen MR) is 101 cm³/mol. The third-order valence-electron chi connectivity index (χ3n) is 4.60. The van der Waals surface area contributed by atoms with E-state index in [0.29, 0.717) is 24.0 Å². The summed E-state index contributed by atoms with van der Waals surface area (Å²) in [5.41, 5.74) is 3.58. The minimum Gasteiger partial charge on any atom is -0.378 e. The van der Waals surface area contributed by atoms with E-state index in [2.05, 4.69) is 30.9 Å². The predicted octanol–water partition coefficient (Wildman–Crippen LogP) is 2.74. The number of carbonyl (C=O) groups excluding carboxylic acids is 1. The Morgan fingerprint density at radius 2 is 2.07 bits per heavy atom. The molecule has 3 heterocycles. The van der Waals surface area contributed by atoms with Crippen molar-refractivity contribution < 1.29 is 9.32 Å². The van der Waals surface area contributed by atoms with Gasteiger partial charge in [-0.25, -0.2) is 4.52 Å². The molecule has 1 aliphatic rings. The monoisotopic (exact) mass is 375 g/mol. The van der Waals surface area contributed by atoms with E-state index < -0.39 is 0 Å². The molecule has 9 nitrogen and oxygen atoms in total. The number of nitrogens with zero attached hydrogens (tertiary/aromatic N) is 5. The van der Waals surface area contributed by atoms with Crippen LogP contribution in [0.1, 0.15) is 18.7 Å². The highest BCUT2D eigenvalue weighted by atomic mass is 16.5. The summed E-state index contributed by atoms with van der Waals surface area (Å²) in [4.78, 5) is 20.5. The molecule has 9 heteroatoms. The number of hydrogen-bond acceptors (Lipinski definition) is 7. The molecule has 0 spiro atoms. The van der Waals surface area contributed by atoms with E-state index in [9.17, 15) is 4.79 Å². The van der Waals surface area contributed by atoms with Crippen LogP contribution in [0, 0.1) is 5.92 Å². The molecule has 1 aromatic carbocycles. The van der Waals surface area contributed by atoms with Gasteiger partial charge in [-0.1, -0.05) is 17.3 Å². The second kappa shape index (κ2) is 6.76. The van der Waals surface area contributed by atoms with Crippen LogP contribution >= 0.6 is 0 Å². The molecule has 5 rings (SSSR count). The standard InChI is InChI=1S/C19H17N7O2/c27-18(13-3-4-13)23-19-22-17-15(2-1-9-26(17)24-19)12-5-7-14(8-6-12)20-10-16-21-11-28-25-16/h1-2,5-9,11,13,20H,3-4,10H2,(H,23,24,27). The fraction of sp³-hybridized carbons (Fsp3) is 0.211. The summed E-state index contributed by atoms with van der Waals surface area (Å²) in [6.07, 6.45) is 5.01. The van der Waals surface area contributed by atoms with Crippen LogP contribution in [0.5, 0.6) is 0 Å². The van der Waals surface area contributed by atoms with Crippen molar-refractivity contribution in [3.8, 4) is 11.1 Å². The van der Waals surface area contributed by atoms with Crippen molar-refractivity contribution in [3.63, 3.8) is 0 Å². The molecule has 0 saturated heterocycles. The summed E-state index contributed by atoms with van der Waals surface area (Å²) in [7, 11) is 0. The Morgan fingerprint density at radius 3 is 2.82 bits per heavy atom. The Hall–Kier alpha value is -3.75. The fourth-order valence-electron chi connectivity index (χ4n) is 2.96. The third kappa shape index (κ3) is 3.29. The molecule has 1 saturated carbocycles. The average molecular weight is 375 g/mol. The van der Waals surface area contributed by atoms with E-state index in [-0.39, 0.29) is 11.8 Å². The van der Waals surface area contributed by atoms with Gasteiger partial charge in [0.2, 0.25) is 18.2 Å². The lowest BCUT2D eigenvalue weighted by Gasteiger charge is -2.06. The number of hydrogen-bond donors (Lipinski definition) is 2. The largest absolute Gasteiger partial charge is 0.378 e. The number of benzene rings is 1. The summed E-state index contributed by atoms with van der Waals surface area (Å²) < 4.78 is 6.40. The van der Waals surface area contributed by atoms with E-state index >= 15 is 0 Å². The molecule has 0 unspecified atom stereocenters. The van der Waals surface area contributed by atoms with Gasteiger partial charge in [-0.3, -0.25) is 10.1 Å². The summed E-state index contributed by atoms with van der Waals surface area (Å²) in [6, 6.07) is 11.9. The van der Waals surface area contributed by atoms with Crippen molar-refractivity contribution in [1.29, 1.82) is 0 Å². The second-order valence-electron chi connectivity index (χ2n) is 6.67. The lowest BCUT2D eigenvalue weighted by molar-refractivity contribution is -0.117. The van der Waals surface area contributed by atoms with Crippen molar-refractivity contribution in [1.82, 2.24) is 24.7 Å². The van der Waals surface area contributed by atoms with Crippen LogP contribution in [0.25, 0.3) is 16.8 Å². The van der Waals surface area contributed by atoms with Gasteiger partial charge < -0.3 is 9.84 Å². The third-order valence-corrected chi connectivity index (χ3v) is 4.60. The molecular formula is C19H17N7O2. The van der Waals surface area contributed by atoms with Gasteiger partial charge in [0, 0.05) is 23.4 Å². The Labute approximate surface area is 159 Å². The molecule has 140 valence electrons. The van der Waals surface area contributed by atoms with Gasteiger partial charge in [-0.05, 0) is 42.7 Å². The van der Waals surface area contributed by atoms with Crippen LogP contribution in [0.15, 0.2) is 53.5 Å². The minimum atomic E-state index is -0.00511. The number of rotatable bonds is 6. The average Bonchev–Trinajstić information content (AvgIpc) is 3.28. The molecule has 3 aromatic heterocycles. The maximum absolute atomic E-state index is 12.0. The van der Waals surface area contributed by atoms with Gasteiger partial charge in [0.1, 0.15) is 0 Å². The van der Waals surface area contributed by atoms with E-state index in [4.69, 9.17) is 4.52 Å². The zero-order valence-corrected chi connectivity index (χ0v) is 14.9. The van der Waals surface area contributed by atoms with Gasteiger partial charge in [-0.2, -0.15) is 9.97 Å². The van der Waals surface area contributed by atoms with E-state index in [1.165, 1.54) is 6.39 Å².